The van der Waals surface area contributed by atoms with E-state index in [9.17, 15) is 27.9 Å². The monoisotopic (exact) mass is 500 g/mol. The van der Waals surface area contributed by atoms with Crippen molar-refractivity contribution in [3.05, 3.63) is 58.6 Å². The number of amides is 2. The minimum atomic E-state index is -5.36. The lowest BCUT2D eigenvalue weighted by Gasteiger charge is -2.45. The van der Waals surface area contributed by atoms with Gasteiger partial charge in [-0.25, -0.2) is 4.79 Å². The van der Waals surface area contributed by atoms with Crippen LogP contribution in [0.2, 0.25) is 5.02 Å². The molecule has 34 heavy (non-hydrogen) atoms. The SMILES string of the molecule is CCCOc1ccc([C@H]2NC(=O)N[C@](O)(C(F)(F)F)[C@@H]2C(=O)c2ccc(Cl)cc2)cc1OCC. The summed E-state index contributed by atoms with van der Waals surface area (Å²) in [6, 6.07) is 6.67. The van der Waals surface area contributed by atoms with Crippen LogP contribution in [0.1, 0.15) is 42.2 Å². The first kappa shape index (κ1) is 25.6. The lowest BCUT2D eigenvalue weighted by Crippen LogP contribution is -2.72. The molecule has 2 aromatic carbocycles. The van der Waals surface area contributed by atoms with Crippen LogP contribution in [0.3, 0.4) is 0 Å². The molecule has 184 valence electrons. The second-order valence-electron chi connectivity index (χ2n) is 7.68. The summed E-state index contributed by atoms with van der Waals surface area (Å²) < 4.78 is 53.4. The zero-order chi connectivity index (χ0) is 25.1. The van der Waals surface area contributed by atoms with Crippen molar-refractivity contribution in [3.8, 4) is 11.5 Å². The number of hydrogen-bond donors (Lipinski definition) is 3. The van der Waals surface area contributed by atoms with Crippen LogP contribution in [-0.2, 0) is 0 Å². The normalized spacial score (nSPS) is 22.5. The lowest BCUT2D eigenvalue weighted by atomic mass is 9.77. The number of Topliss-reactive ketones (excluding diaryl/α,β-unsaturated/α-hetero) is 1. The van der Waals surface area contributed by atoms with Crippen molar-refractivity contribution in [3.63, 3.8) is 0 Å². The van der Waals surface area contributed by atoms with Gasteiger partial charge in [-0.3, -0.25) is 4.79 Å². The molecule has 0 bridgehead atoms. The van der Waals surface area contributed by atoms with Crippen LogP contribution in [0, 0.1) is 5.92 Å². The Labute approximate surface area is 199 Å². The Morgan fingerprint density at radius 2 is 1.79 bits per heavy atom. The second kappa shape index (κ2) is 10.1. The third-order valence-electron chi connectivity index (χ3n) is 5.31. The van der Waals surface area contributed by atoms with Gasteiger partial charge in [0.25, 0.3) is 0 Å². The van der Waals surface area contributed by atoms with Gasteiger partial charge in [0.05, 0.1) is 19.3 Å². The van der Waals surface area contributed by atoms with Gasteiger partial charge < -0.3 is 25.2 Å². The van der Waals surface area contributed by atoms with E-state index in [1.807, 2.05) is 6.92 Å². The van der Waals surface area contributed by atoms with Gasteiger partial charge in [-0.1, -0.05) is 24.6 Å². The molecule has 3 N–H and O–H groups in total. The number of ketones is 1. The molecule has 0 unspecified atom stereocenters. The average Bonchev–Trinajstić information content (AvgIpc) is 2.77. The minimum absolute atomic E-state index is 0.118. The molecule has 2 aromatic rings. The topological polar surface area (TPSA) is 96.9 Å². The quantitative estimate of drug-likeness (QED) is 0.459. The molecule has 11 heteroatoms. The van der Waals surface area contributed by atoms with E-state index in [0.717, 1.165) is 0 Å². The first-order chi connectivity index (χ1) is 16.0. The molecule has 0 saturated carbocycles. The Morgan fingerprint density at radius 3 is 2.38 bits per heavy atom. The second-order valence-corrected chi connectivity index (χ2v) is 8.11. The number of aliphatic hydroxyl groups is 1. The Balaban J connectivity index is 2.14. The number of benzene rings is 2. The van der Waals surface area contributed by atoms with Crippen molar-refractivity contribution >= 4 is 23.4 Å². The summed E-state index contributed by atoms with van der Waals surface area (Å²) in [5.74, 6) is -2.62. The molecule has 3 atom stereocenters. The van der Waals surface area contributed by atoms with Crippen molar-refractivity contribution in [1.82, 2.24) is 10.6 Å². The Kier molecular flexibility index (Phi) is 7.62. The van der Waals surface area contributed by atoms with Gasteiger partial charge in [-0.05, 0) is 55.3 Å². The maximum Gasteiger partial charge on any atom is 0.437 e. The van der Waals surface area contributed by atoms with Crippen molar-refractivity contribution in [1.29, 1.82) is 0 Å². The van der Waals surface area contributed by atoms with Crippen molar-refractivity contribution < 1.29 is 37.3 Å². The molecule has 0 aliphatic carbocycles. The molecule has 1 aliphatic heterocycles. The first-order valence-electron chi connectivity index (χ1n) is 10.6. The van der Waals surface area contributed by atoms with Crippen LogP contribution < -0.4 is 20.1 Å². The largest absolute Gasteiger partial charge is 0.490 e. The predicted molar refractivity (Wildman–Crippen MR) is 118 cm³/mol. The molecular weight excluding hydrogens is 477 g/mol. The van der Waals surface area contributed by atoms with E-state index in [4.69, 9.17) is 21.1 Å². The number of nitrogens with one attached hydrogen (secondary N) is 2. The van der Waals surface area contributed by atoms with Gasteiger partial charge in [-0.2, -0.15) is 13.2 Å². The number of alkyl halides is 3. The van der Waals surface area contributed by atoms with Crippen molar-refractivity contribution in [2.45, 2.75) is 38.2 Å². The zero-order valence-electron chi connectivity index (χ0n) is 18.4. The molecule has 7 nitrogen and oxygen atoms in total. The van der Waals surface area contributed by atoms with E-state index in [1.165, 1.54) is 47.8 Å². The summed E-state index contributed by atoms with van der Waals surface area (Å²) in [4.78, 5) is 25.5. The zero-order valence-corrected chi connectivity index (χ0v) is 19.2. The number of rotatable bonds is 8. The Hall–Kier alpha value is -2.98. The van der Waals surface area contributed by atoms with E-state index in [1.54, 1.807) is 6.92 Å². The molecule has 3 rings (SSSR count). The van der Waals surface area contributed by atoms with E-state index in [0.29, 0.717) is 18.8 Å². The summed E-state index contributed by atoms with van der Waals surface area (Å²) in [7, 11) is 0. The highest BCUT2D eigenvalue weighted by Crippen LogP contribution is 2.45. The fourth-order valence-electron chi connectivity index (χ4n) is 3.73. The molecule has 0 radical (unpaired) electrons. The highest BCUT2D eigenvalue weighted by atomic mass is 35.5. The number of carbonyl (C=O) groups is 2. The van der Waals surface area contributed by atoms with E-state index in [2.05, 4.69) is 5.32 Å². The molecule has 0 aromatic heterocycles. The number of halogens is 4. The van der Waals surface area contributed by atoms with Crippen LogP contribution in [0.5, 0.6) is 11.5 Å². The average molecular weight is 501 g/mol. The standard InChI is InChI=1S/C23H24ClF3N2O5/c1-3-11-34-16-10-7-14(12-17(16)33-4-2)19-18(20(30)13-5-8-15(24)9-6-13)22(32,23(25,26)27)29-21(31)28-19/h5-10,12,18-19,32H,3-4,11H2,1-2H3,(H2,28,29,31)/t18-,19+,22+/m0/s1. The first-order valence-corrected chi connectivity index (χ1v) is 11.0. The third-order valence-corrected chi connectivity index (χ3v) is 5.56. The summed E-state index contributed by atoms with van der Waals surface area (Å²) in [5.41, 5.74) is -3.83. The Morgan fingerprint density at radius 1 is 1.12 bits per heavy atom. The summed E-state index contributed by atoms with van der Waals surface area (Å²) in [5, 5.41) is 14.8. The molecule has 2 amide bonds. The van der Waals surface area contributed by atoms with Crippen molar-refractivity contribution in [2.75, 3.05) is 13.2 Å². The number of carbonyl (C=O) groups excluding carboxylic acids is 2. The number of urea groups is 1. The van der Waals surface area contributed by atoms with Crippen LogP contribution >= 0.6 is 11.6 Å². The number of hydrogen-bond acceptors (Lipinski definition) is 5. The van der Waals surface area contributed by atoms with E-state index < -0.39 is 35.7 Å². The van der Waals surface area contributed by atoms with Crippen molar-refractivity contribution in [2.24, 2.45) is 5.92 Å². The van der Waals surface area contributed by atoms with Crippen LogP contribution in [0.15, 0.2) is 42.5 Å². The highest BCUT2D eigenvalue weighted by molar-refractivity contribution is 6.30. The molecular formula is C23H24ClF3N2O5. The fourth-order valence-corrected chi connectivity index (χ4v) is 3.85. The van der Waals surface area contributed by atoms with E-state index in [-0.39, 0.29) is 28.5 Å². The van der Waals surface area contributed by atoms with Crippen LogP contribution in [-0.4, -0.2) is 42.0 Å². The fraction of sp³-hybridized carbons (Fsp3) is 0.391. The maximum absolute atomic E-state index is 14.1. The highest BCUT2D eigenvalue weighted by Gasteiger charge is 2.66. The van der Waals surface area contributed by atoms with E-state index >= 15 is 0 Å². The molecule has 1 heterocycles. The molecule has 1 aliphatic rings. The summed E-state index contributed by atoms with van der Waals surface area (Å²) in [6.07, 6.45) is -4.64. The Bertz CT molecular complexity index is 1050. The number of ether oxygens (including phenoxy) is 2. The van der Waals surface area contributed by atoms with Gasteiger partial charge in [-0.15, -0.1) is 0 Å². The smallest absolute Gasteiger partial charge is 0.437 e. The van der Waals surface area contributed by atoms with Gasteiger partial charge in [0.15, 0.2) is 17.3 Å². The lowest BCUT2D eigenvalue weighted by molar-refractivity contribution is -0.287. The molecule has 1 saturated heterocycles. The van der Waals surface area contributed by atoms with Gasteiger partial charge in [0.1, 0.15) is 5.92 Å². The minimum Gasteiger partial charge on any atom is -0.490 e. The van der Waals surface area contributed by atoms with Crippen LogP contribution in [0.25, 0.3) is 0 Å². The third kappa shape index (κ3) is 5.07. The van der Waals surface area contributed by atoms with Crippen LogP contribution in [0.4, 0.5) is 18.0 Å². The van der Waals surface area contributed by atoms with Gasteiger partial charge in [0, 0.05) is 10.6 Å². The van der Waals surface area contributed by atoms with Gasteiger partial charge >= 0.3 is 12.2 Å². The summed E-state index contributed by atoms with van der Waals surface area (Å²) >= 11 is 5.84. The molecule has 1 fully saturated rings. The summed E-state index contributed by atoms with van der Waals surface area (Å²) in [6.45, 7) is 4.25. The molecule has 0 spiro atoms. The maximum atomic E-state index is 14.1. The predicted octanol–water partition coefficient (Wildman–Crippen LogP) is 4.63. The van der Waals surface area contributed by atoms with Gasteiger partial charge in [0.2, 0.25) is 5.72 Å².